The van der Waals surface area contributed by atoms with Gasteiger partial charge in [0, 0.05) is 30.9 Å². The van der Waals surface area contributed by atoms with E-state index in [1.54, 1.807) is 0 Å². The van der Waals surface area contributed by atoms with Crippen LogP contribution in [0.15, 0.2) is 18.2 Å². The lowest BCUT2D eigenvalue weighted by atomic mass is 10.1. The number of morpholine rings is 1. The number of anilines is 1. The molecule has 1 aliphatic heterocycles. The Morgan fingerprint density at radius 3 is 2.90 bits per heavy atom. The lowest BCUT2D eigenvalue weighted by Crippen LogP contribution is -2.45. The molecule has 2 rings (SSSR count). The summed E-state index contributed by atoms with van der Waals surface area (Å²) in [7, 11) is 0. The number of rotatable bonds is 4. The maximum atomic E-state index is 12.6. The summed E-state index contributed by atoms with van der Waals surface area (Å²) >= 11 is 0. The fourth-order valence-corrected chi connectivity index (χ4v) is 2.54. The van der Waals surface area contributed by atoms with Crippen LogP contribution in [-0.2, 0) is 4.74 Å². The van der Waals surface area contributed by atoms with Crippen LogP contribution < -0.4 is 5.32 Å². The zero-order chi connectivity index (χ0) is 14.5. The van der Waals surface area contributed by atoms with Crippen molar-refractivity contribution in [2.24, 2.45) is 0 Å². The second kappa shape index (κ2) is 6.75. The number of aryl methyl sites for hydroxylation is 1. The zero-order valence-electron chi connectivity index (χ0n) is 12.6. The number of nitrogens with one attached hydrogen (secondary N) is 1. The highest BCUT2D eigenvalue weighted by Gasteiger charge is 2.24. The highest BCUT2D eigenvalue weighted by Crippen LogP contribution is 2.19. The van der Waals surface area contributed by atoms with Crippen molar-refractivity contribution in [3.63, 3.8) is 0 Å². The lowest BCUT2D eigenvalue weighted by Gasteiger charge is -2.33. The van der Waals surface area contributed by atoms with Gasteiger partial charge in [-0.1, -0.05) is 6.92 Å². The molecule has 0 bridgehead atoms. The molecule has 1 amide bonds. The van der Waals surface area contributed by atoms with Gasteiger partial charge in [0.15, 0.2) is 0 Å². The van der Waals surface area contributed by atoms with Gasteiger partial charge in [-0.3, -0.25) is 4.79 Å². The summed E-state index contributed by atoms with van der Waals surface area (Å²) in [5.41, 5.74) is 2.88. The number of hydrogen-bond acceptors (Lipinski definition) is 3. The van der Waals surface area contributed by atoms with Crippen molar-refractivity contribution in [2.75, 3.05) is 31.6 Å². The third-order valence-electron chi connectivity index (χ3n) is 3.72. The SMILES string of the molecule is CCNc1ccc(C(=O)N2CCOC(CC)C2)c(C)c1. The van der Waals surface area contributed by atoms with Crippen LogP contribution in [0.1, 0.15) is 36.2 Å². The standard InChI is InChI=1S/C16H24N2O2/c1-4-14-11-18(8-9-20-14)16(19)15-7-6-13(17-5-2)10-12(15)3/h6-7,10,14,17H,4-5,8-9,11H2,1-3H3. The number of amides is 1. The van der Waals surface area contributed by atoms with Crippen molar-refractivity contribution in [3.05, 3.63) is 29.3 Å². The Morgan fingerprint density at radius 1 is 1.45 bits per heavy atom. The van der Waals surface area contributed by atoms with Crippen molar-refractivity contribution < 1.29 is 9.53 Å². The van der Waals surface area contributed by atoms with E-state index in [2.05, 4.69) is 19.2 Å². The molecule has 110 valence electrons. The first-order valence-corrected chi connectivity index (χ1v) is 7.41. The molecule has 1 N–H and O–H groups in total. The smallest absolute Gasteiger partial charge is 0.254 e. The van der Waals surface area contributed by atoms with Gasteiger partial charge in [-0.15, -0.1) is 0 Å². The van der Waals surface area contributed by atoms with E-state index < -0.39 is 0 Å². The van der Waals surface area contributed by atoms with Gasteiger partial charge in [0.2, 0.25) is 0 Å². The maximum Gasteiger partial charge on any atom is 0.254 e. The van der Waals surface area contributed by atoms with Crippen LogP contribution in [0.4, 0.5) is 5.69 Å². The summed E-state index contributed by atoms with van der Waals surface area (Å²) in [6.45, 7) is 9.05. The van der Waals surface area contributed by atoms with E-state index in [9.17, 15) is 4.79 Å². The summed E-state index contributed by atoms with van der Waals surface area (Å²) in [4.78, 5) is 14.5. The molecule has 4 nitrogen and oxygen atoms in total. The number of nitrogens with zero attached hydrogens (tertiary/aromatic N) is 1. The third-order valence-corrected chi connectivity index (χ3v) is 3.72. The molecule has 0 saturated carbocycles. The van der Waals surface area contributed by atoms with E-state index in [1.165, 1.54) is 0 Å². The summed E-state index contributed by atoms with van der Waals surface area (Å²) in [5.74, 6) is 0.118. The molecule has 1 unspecified atom stereocenters. The van der Waals surface area contributed by atoms with E-state index in [1.807, 2.05) is 30.0 Å². The highest BCUT2D eigenvalue weighted by molar-refractivity contribution is 5.96. The van der Waals surface area contributed by atoms with E-state index in [0.29, 0.717) is 19.7 Å². The molecule has 1 aromatic carbocycles. The lowest BCUT2D eigenvalue weighted by molar-refractivity contribution is -0.0226. The van der Waals surface area contributed by atoms with E-state index >= 15 is 0 Å². The molecule has 20 heavy (non-hydrogen) atoms. The van der Waals surface area contributed by atoms with Crippen molar-refractivity contribution in [1.29, 1.82) is 0 Å². The molecular formula is C16H24N2O2. The minimum atomic E-state index is 0.118. The Bertz CT molecular complexity index is 474. The molecule has 4 heteroatoms. The average Bonchev–Trinajstić information content (AvgIpc) is 2.47. The van der Waals surface area contributed by atoms with Crippen LogP contribution >= 0.6 is 0 Å². The molecule has 0 aliphatic carbocycles. The van der Waals surface area contributed by atoms with Crippen molar-refractivity contribution >= 4 is 11.6 Å². The molecule has 1 saturated heterocycles. The molecule has 1 heterocycles. The minimum absolute atomic E-state index is 0.118. The summed E-state index contributed by atoms with van der Waals surface area (Å²) in [6.07, 6.45) is 1.12. The third kappa shape index (κ3) is 3.31. The second-order valence-corrected chi connectivity index (χ2v) is 5.21. The molecule has 1 atom stereocenters. The molecule has 0 aromatic heterocycles. The predicted molar refractivity (Wildman–Crippen MR) is 81.3 cm³/mol. The number of ether oxygens (including phenoxy) is 1. The van der Waals surface area contributed by atoms with Gasteiger partial charge in [0.25, 0.3) is 5.91 Å². The maximum absolute atomic E-state index is 12.6. The van der Waals surface area contributed by atoms with Crippen molar-refractivity contribution in [3.8, 4) is 0 Å². The summed E-state index contributed by atoms with van der Waals surface area (Å²) in [5, 5.41) is 3.27. The average molecular weight is 276 g/mol. The molecule has 1 aromatic rings. The van der Waals surface area contributed by atoms with E-state index in [-0.39, 0.29) is 12.0 Å². The zero-order valence-corrected chi connectivity index (χ0v) is 12.6. The van der Waals surface area contributed by atoms with Gasteiger partial charge in [-0.2, -0.15) is 0 Å². The van der Waals surface area contributed by atoms with Crippen LogP contribution in [0.5, 0.6) is 0 Å². The quantitative estimate of drug-likeness (QED) is 0.919. The Balaban J connectivity index is 2.12. The number of carbonyl (C=O) groups is 1. The van der Waals surface area contributed by atoms with Crippen LogP contribution in [0, 0.1) is 6.92 Å². The van der Waals surface area contributed by atoms with Gasteiger partial charge in [-0.25, -0.2) is 0 Å². The summed E-state index contributed by atoms with van der Waals surface area (Å²) < 4.78 is 5.62. The summed E-state index contributed by atoms with van der Waals surface area (Å²) in [6, 6.07) is 5.93. The Kier molecular flexibility index (Phi) is 5.01. The highest BCUT2D eigenvalue weighted by atomic mass is 16.5. The van der Waals surface area contributed by atoms with Crippen LogP contribution in [-0.4, -0.2) is 43.2 Å². The van der Waals surface area contributed by atoms with Crippen LogP contribution in [0.2, 0.25) is 0 Å². The predicted octanol–water partition coefficient (Wildman–Crippen LogP) is 2.68. The number of benzene rings is 1. The first-order chi connectivity index (χ1) is 9.65. The Morgan fingerprint density at radius 2 is 2.25 bits per heavy atom. The first-order valence-electron chi connectivity index (χ1n) is 7.41. The monoisotopic (exact) mass is 276 g/mol. The fraction of sp³-hybridized carbons (Fsp3) is 0.562. The normalized spacial score (nSPS) is 18.9. The number of carbonyl (C=O) groups excluding carboxylic acids is 1. The Labute approximate surface area is 121 Å². The van der Waals surface area contributed by atoms with Gasteiger partial charge in [0.1, 0.15) is 0 Å². The van der Waals surface area contributed by atoms with Crippen LogP contribution in [0.25, 0.3) is 0 Å². The molecule has 1 aliphatic rings. The second-order valence-electron chi connectivity index (χ2n) is 5.21. The van der Waals surface area contributed by atoms with Crippen LogP contribution in [0.3, 0.4) is 0 Å². The molecular weight excluding hydrogens is 252 g/mol. The molecule has 0 radical (unpaired) electrons. The van der Waals surface area contributed by atoms with Crippen molar-refractivity contribution in [2.45, 2.75) is 33.3 Å². The van der Waals surface area contributed by atoms with E-state index in [0.717, 1.165) is 29.8 Å². The minimum Gasteiger partial charge on any atom is -0.385 e. The van der Waals surface area contributed by atoms with Gasteiger partial charge in [0.05, 0.1) is 12.7 Å². The fourth-order valence-electron chi connectivity index (χ4n) is 2.54. The number of hydrogen-bond donors (Lipinski definition) is 1. The molecule has 1 fully saturated rings. The van der Waals surface area contributed by atoms with E-state index in [4.69, 9.17) is 4.74 Å². The first kappa shape index (κ1) is 14.9. The topological polar surface area (TPSA) is 41.6 Å². The Hall–Kier alpha value is -1.55. The molecule has 0 spiro atoms. The van der Waals surface area contributed by atoms with Crippen molar-refractivity contribution in [1.82, 2.24) is 4.90 Å². The van der Waals surface area contributed by atoms with Gasteiger partial charge in [-0.05, 0) is 44.0 Å². The largest absolute Gasteiger partial charge is 0.385 e. The van der Waals surface area contributed by atoms with Gasteiger partial charge < -0.3 is 15.0 Å². The van der Waals surface area contributed by atoms with Gasteiger partial charge >= 0.3 is 0 Å².